The van der Waals surface area contributed by atoms with Gasteiger partial charge >= 0.3 is 0 Å². The zero-order chi connectivity index (χ0) is 13.7. The molecule has 2 rings (SSSR count). The highest BCUT2D eigenvalue weighted by Crippen LogP contribution is 2.29. The van der Waals surface area contributed by atoms with Gasteiger partial charge in [0.2, 0.25) is 0 Å². The van der Waals surface area contributed by atoms with E-state index >= 15 is 0 Å². The lowest BCUT2D eigenvalue weighted by molar-refractivity contribution is 0.371. The molecule has 1 saturated carbocycles. The summed E-state index contributed by atoms with van der Waals surface area (Å²) in [7, 11) is 1.71. The Hall–Kier alpha value is -0.540. The molecule has 1 fully saturated rings. The summed E-state index contributed by atoms with van der Waals surface area (Å²) in [6, 6.07) is 6.39. The van der Waals surface area contributed by atoms with Gasteiger partial charge in [-0.2, -0.15) is 0 Å². The first-order valence-corrected chi connectivity index (χ1v) is 8.08. The van der Waals surface area contributed by atoms with Crippen LogP contribution < -0.4 is 10.5 Å². The van der Waals surface area contributed by atoms with Crippen LogP contribution in [0.3, 0.4) is 0 Å². The van der Waals surface area contributed by atoms with Crippen molar-refractivity contribution in [2.24, 2.45) is 11.7 Å². The zero-order valence-electron chi connectivity index (χ0n) is 11.7. The van der Waals surface area contributed by atoms with Crippen LogP contribution in [0.15, 0.2) is 22.7 Å². The molecular weight excluding hydrogens is 302 g/mol. The maximum atomic E-state index is 6.45. The molecule has 1 atom stereocenters. The Kier molecular flexibility index (Phi) is 5.71. The number of benzene rings is 1. The predicted octanol–water partition coefficient (Wildman–Crippen LogP) is 4.30. The first kappa shape index (κ1) is 14.9. The average Bonchev–Trinajstić information content (AvgIpc) is 2.70. The van der Waals surface area contributed by atoms with E-state index in [1.807, 2.05) is 12.1 Å². The van der Waals surface area contributed by atoms with Crippen molar-refractivity contribution >= 4 is 15.9 Å². The number of hydrogen-bond donors (Lipinski definition) is 1. The number of methoxy groups -OCH3 is 1. The molecule has 0 aliphatic heterocycles. The van der Waals surface area contributed by atoms with Crippen LogP contribution in [0.4, 0.5) is 0 Å². The van der Waals surface area contributed by atoms with E-state index in [9.17, 15) is 0 Å². The molecule has 1 aliphatic rings. The van der Waals surface area contributed by atoms with E-state index in [-0.39, 0.29) is 6.04 Å². The van der Waals surface area contributed by atoms with Gasteiger partial charge < -0.3 is 10.5 Å². The van der Waals surface area contributed by atoms with Crippen LogP contribution in [-0.2, 0) is 6.42 Å². The number of hydrogen-bond acceptors (Lipinski definition) is 2. The van der Waals surface area contributed by atoms with E-state index in [0.29, 0.717) is 5.92 Å². The van der Waals surface area contributed by atoms with Crippen LogP contribution in [0.1, 0.15) is 44.1 Å². The third-order valence-electron chi connectivity index (χ3n) is 4.21. The van der Waals surface area contributed by atoms with Crippen molar-refractivity contribution in [3.8, 4) is 5.75 Å². The molecule has 1 aromatic carbocycles. The minimum atomic E-state index is 0.265. The Morgan fingerprint density at radius 2 is 1.95 bits per heavy atom. The molecule has 19 heavy (non-hydrogen) atoms. The summed E-state index contributed by atoms with van der Waals surface area (Å²) in [4.78, 5) is 0. The van der Waals surface area contributed by atoms with Crippen molar-refractivity contribution in [3.63, 3.8) is 0 Å². The standard InChI is InChI=1S/C16H24BrNO/c1-19-14-8-9-15(17)13(10-14)11-16(18)12-6-4-2-3-5-7-12/h8-10,12,16H,2-7,11,18H2,1H3. The minimum absolute atomic E-state index is 0.265. The van der Waals surface area contributed by atoms with Gasteiger partial charge in [0.05, 0.1) is 7.11 Å². The predicted molar refractivity (Wildman–Crippen MR) is 83.6 cm³/mol. The molecule has 2 nitrogen and oxygen atoms in total. The van der Waals surface area contributed by atoms with Crippen molar-refractivity contribution in [1.82, 2.24) is 0 Å². The number of nitrogens with two attached hydrogens (primary N) is 1. The minimum Gasteiger partial charge on any atom is -0.497 e. The van der Waals surface area contributed by atoms with Gasteiger partial charge in [0.15, 0.2) is 0 Å². The zero-order valence-corrected chi connectivity index (χ0v) is 13.3. The van der Waals surface area contributed by atoms with Gasteiger partial charge in [0, 0.05) is 10.5 Å². The Morgan fingerprint density at radius 1 is 1.26 bits per heavy atom. The van der Waals surface area contributed by atoms with Crippen LogP contribution >= 0.6 is 15.9 Å². The smallest absolute Gasteiger partial charge is 0.119 e. The van der Waals surface area contributed by atoms with Crippen molar-refractivity contribution < 1.29 is 4.74 Å². The Labute approximate surface area is 124 Å². The molecule has 3 heteroatoms. The Balaban J connectivity index is 2.02. The number of halogens is 1. The lowest BCUT2D eigenvalue weighted by Gasteiger charge is -2.23. The van der Waals surface area contributed by atoms with Crippen LogP contribution in [0, 0.1) is 5.92 Å². The van der Waals surface area contributed by atoms with E-state index in [1.165, 1.54) is 44.1 Å². The van der Waals surface area contributed by atoms with Crippen molar-refractivity contribution in [2.75, 3.05) is 7.11 Å². The molecule has 0 aromatic heterocycles. The van der Waals surface area contributed by atoms with Gasteiger partial charge in [-0.25, -0.2) is 0 Å². The van der Waals surface area contributed by atoms with Crippen LogP contribution in [0.2, 0.25) is 0 Å². The topological polar surface area (TPSA) is 35.2 Å². The molecule has 1 aliphatic carbocycles. The maximum absolute atomic E-state index is 6.45. The largest absolute Gasteiger partial charge is 0.497 e. The third kappa shape index (κ3) is 4.22. The summed E-state index contributed by atoms with van der Waals surface area (Å²) >= 11 is 3.62. The van der Waals surface area contributed by atoms with E-state index in [0.717, 1.165) is 16.6 Å². The van der Waals surface area contributed by atoms with Crippen LogP contribution in [0.5, 0.6) is 5.75 Å². The molecular formula is C16H24BrNO. The molecule has 0 amide bonds. The molecule has 0 radical (unpaired) electrons. The first-order chi connectivity index (χ1) is 9.20. The van der Waals surface area contributed by atoms with Gasteiger partial charge in [0.25, 0.3) is 0 Å². The second-order valence-electron chi connectivity index (χ2n) is 5.58. The molecule has 106 valence electrons. The molecule has 1 unspecified atom stereocenters. The summed E-state index contributed by atoms with van der Waals surface area (Å²) in [5, 5.41) is 0. The van der Waals surface area contributed by atoms with Gasteiger partial charge in [-0.3, -0.25) is 0 Å². The lowest BCUT2D eigenvalue weighted by atomic mass is 9.88. The SMILES string of the molecule is COc1ccc(Br)c(CC(N)C2CCCCCC2)c1. The fourth-order valence-electron chi connectivity index (χ4n) is 2.99. The summed E-state index contributed by atoms with van der Waals surface area (Å²) in [6.45, 7) is 0. The number of ether oxygens (including phenoxy) is 1. The van der Waals surface area contributed by atoms with Crippen LogP contribution in [0.25, 0.3) is 0 Å². The van der Waals surface area contributed by atoms with Gasteiger partial charge in [-0.1, -0.05) is 41.6 Å². The highest BCUT2D eigenvalue weighted by atomic mass is 79.9. The molecule has 0 saturated heterocycles. The maximum Gasteiger partial charge on any atom is 0.119 e. The lowest BCUT2D eigenvalue weighted by Crippen LogP contribution is -2.32. The molecule has 0 heterocycles. The molecule has 1 aromatic rings. The summed E-state index contributed by atoms with van der Waals surface area (Å²) in [6.07, 6.45) is 8.97. The van der Waals surface area contributed by atoms with Crippen molar-refractivity contribution in [3.05, 3.63) is 28.2 Å². The summed E-state index contributed by atoms with van der Waals surface area (Å²) < 4.78 is 6.43. The highest BCUT2D eigenvalue weighted by Gasteiger charge is 2.20. The van der Waals surface area contributed by atoms with Gasteiger partial charge in [-0.15, -0.1) is 0 Å². The quantitative estimate of drug-likeness (QED) is 0.838. The fourth-order valence-corrected chi connectivity index (χ4v) is 3.40. The molecule has 0 spiro atoms. The second-order valence-corrected chi connectivity index (χ2v) is 6.43. The monoisotopic (exact) mass is 325 g/mol. The van der Waals surface area contributed by atoms with E-state index < -0.39 is 0 Å². The second kappa shape index (κ2) is 7.30. The Bertz CT molecular complexity index is 400. The number of rotatable bonds is 4. The fraction of sp³-hybridized carbons (Fsp3) is 0.625. The molecule has 2 N–H and O–H groups in total. The van der Waals surface area contributed by atoms with Crippen molar-refractivity contribution in [2.45, 2.75) is 51.0 Å². The first-order valence-electron chi connectivity index (χ1n) is 7.28. The summed E-state index contributed by atoms with van der Waals surface area (Å²) in [5.74, 6) is 1.59. The van der Waals surface area contributed by atoms with Crippen LogP contribution in [-0.4, -0.2) is 13.2 Å². The van der Waals surface area contributed by atoms with E-state index in [4.69, 9.17) is 10.5 Å². The van der Waals surface area contributed by atoms with E-state index in [2.05, 4.69) is 22.0 Å². The molecule has 0 bridgehead atoms. The third-order valence-corrected chi connectivity index (χ3v) is 4.99. The average molecular weight is 326 g/mol. The van der Waals surface area contributed by atoms with E-state index in [1.54, 1.807) is 7.11 Å². The van der Waals surface area contributed by atoms with Gasteiger partial charge in [-0.05, 0) is 48.9 Å². The normalized spacial score (nSPS) is 18.9. The Morgan fingerprint density at radius 3 is 2.58 bits per heavy atom. The summed E-state index contributed by atoms with van der Waals surface area (Å²) in [5.41, 5.74) is 7.71. The highest BCUT2D eigenvalue weighted by molar-refractivity contribution is 9.10. The van der Waals surface area contributed by atoms with Gasteiger partial charge in [0.1, 0.15) is 5.75 Å². The van der Waals surface area contributed by atoms with Crippen molar-refractivity contribution in [1.29, 1.82) is 0 Å².